The minimum Gasteiger partial charge on any atom is -0.448 e. The summed E-state index contributed by atoms with van der Waals surface area (Å²) in [5.41, 5.74) is -0.220. The molecule has 130 valence electrons. The fourth-order valence-electron chi connectivity index (χ4n) is 2.68. The summed E-state index contributed by atoms with van der Waals surface area (Å²) in [6.45, 7) is -0.466. The molecular weight excluding hydrogens is 344 g/mol. The Balaban J connectivity index is 1.67. The molecule has 0 saturated heterocycles. The predicted molar refractivity (Wildman–Crippen MR) is 90.8 cm³/mol. The number of aromatic nitrogens is 2. The van der Waals surface area contributed by atoms with Crippen LogP contribution in [0.4, 0.5) is 14.5 Å². The van der Waals surface area contributed by atoms with Crippen LogP contribution in [0.5, 0.6) is 0 Å². The highest BCUT2D eigenvalue weighted by atomic mass is 19.1. The van der Waals surface area contributed by atoms with Crippen molar-refractivity contribution in [3.63, 3.8) is 0 Å². The van der Waals surface area contributed by atoms with E-state index in [9.17, 15) is 18.4 Å². The van der Waals surface area contributed by atoms with E-state index in [0.717, 1.165) is 16.7 Å². The van der Waals surface area contributed by atoms with Crippen molar-refractivity contribution >= 4 is 33.7 Å². The first-order chi connectivity index (χ1) is 12.5. The molecule has 2 aromatic heterocycles. The quantitative estimate of drug-likeness (QED) is 0.613. The molecule has 0 unspecified atom stereocenters. The Bertz CT molecular complexity index is 1190. The van der Waals surface area contributed by atoms with E-state index in [1.54, 1.807) is 24.3 Å². The van der Waals surface area contributed by atoms with Crippen molar-refractivity contribution in [3.8, 4) is 0 Å². The fraction of sp³-hybridized carbons (Fsp3) is 0.0556. The summed E-state index contributed by atoms with van der Waals surface area (Å²) in [7, 11) is 0. The van der Waals surface area contributed by atoms with Crippen LogP contribution in [-0.2, 0) is 11.3 Å². The van der Waals surface area contributed by atoms with E-state index in [0.29, 0.717) is 16.5 Å². The van der Waals surface area contributed by atoms with E-state index < -0.39 is 35.3 Å². The molecule has 0 aliphatic rings. The van der Waals surface area contributed by atoms with Gasteiger partial charge in [-0.2, -0.15) is 0 Å². The maximum atomic E-state index is 13.6. The molecule has 0 aliphatic heterocycles. The van der Waals surface area contributed by atoms with Gasteiger partial charge >= 0.3 is 0 Å². The lowest BCUT2D eigenvalue weighted by molar-refractivity contribution is -0.116. The Kier molecular flexibility index (Phi) is 3.72. The first kappa shape index (κ1) is 15.9. The second-order valence-electron chi connectivity index (χ2n) is 5.60. The van der Waals surface area contributed by atoms with Crippen LogP contribution in [0.1, 0.15) is 0 Å². The zero-order valence-corrected chi connectivity index (χ0v) is 13.2. The van der Waals surface area contributed by atoms with Gasteiger partial charge in [0.2, 0.25) is 11.5 Å². The lowest BCUT2D eigenvalue weighted by Gasteiger charge is -2.08. The highest BCUT2D eigenvalue weighted by Crippen LogP contribution is 2.24. The van der Waals surface area contributed by atoms with Gasteiger partial charge in [-0.25, -0.2) is 13.8 Å². The van der Waals surface area contributed by atoms with Gasteiger partial charge in [0.15, 0.2) is 0 Å². The second-order valence-corrected chi connectivity index (χ2v) is 5.60. The number of benzene rings is 2. The number of amides is 1. The molecule has 0 bridgehead atoms. The van der Waals surface area contributed by atoms with Gasteiger partial charge in [-0.15, -0.1) is 0 Å². The highest BCUT2D eigenvalue weighted by molar-refractivity contribution is 6.01. The number of carbonyl (C=O) groups excluding carboxylic acids is 1. The molecule has 4 aromatic rings. The average molecular weight is 355 g/mol. The SMILES string of the molecule is O=C(Cn1cnc2c(oc3ccccc32)c1=O)Nc1c(F)cccc1F. The van der Waals surface area contributed by atoms with E-state index in [4.69, 9.17) is 4.42 Å². The van der Waals surface area contributed by atoms with Crippen molar-refractivity contribution in [2.24, 2.45) is 0 Å². The van der Waals surface area contributed by atoms with Gasteiger partial charge in [-0.1, -0.05) is 18.2 Å². The van der Waals surface area contributed by atoms with Gasteiger partial charge in [0.05, 0.1) is 6.33 Å². The maximum Gasteiger partial charge on any atom is 0.297 e. The van der Waals surface area contributed by atoms with E-state index >= 15 is 0 Å². The van der Waals surface area contributed by atoms with Crippen LogP contribution < -0.4 is 10.9 Å². The predicted octanol–water partition coefficient (Wildman–Crippen LogP) is 3.06. The number of furan rings is 1. The van der Waals surface area contributed by atoms with Gasteiger partial charge in [0.1, 0.15) is 35.0 Å². The van der Waals surface area contributed by atoms with Gasteiger partial charge in [0, 0.05) is 5.39 Å². The van der Waals surface area contributed by atoms with Crippen molar-refractivity contribution in [2.45, 2.75) is 6.54 Å². The van der Waals surface area contributed by atoms with Crippen LogP contribution in [-0.4, -0.2) is 15.5 Å². The molecule has 0 atom stereocenters. The van der Waals surface area contributed by atoms with Crippen LogP contribution in [0.25, 0.3) is 22.1 Å². The molecule has 26 heavy (non-hydrogen) atoms. The summed E-state index contributed by atoms with van der Waals surface area (Å²) in [4.78, 5) is 28.8. The number of nitrogens with one attached hydrogen (secondary N) is 1. The number of halogens is 2. The normalized spacial score (nSPS) is 11.2. The summed E-state index contributed by atoms with van der Waals surface area (Å²) < 4.78 is 33.7. The smallest absolute Gasteiger partial charge is 0.297 e. The minimum atomic E-state index is -0.906. The van der Waals surface area contributed by atoms with E-state index in [1.807, 2.05) is 0 Å². The summed E-state index contributed by atoms with van der Waals surface area (Å²) in [5.74, 6) is -2.58. The fourth-order valence-corrected chi connectivity index (χ4v) is 2.68. The summed E-state index contributed by atoms with van der Waals surface area (Å²) in [5, 5.41) is 2.81. The number of hydrogen-bond acceptors (Lipinski definition) is 4. The number of nitrogens with zero attached hydrogens (tertiary/aromatic N) is 2. The molecule has 2 aromatic carbocycles. The first-order valence-corrected chi connectivity index (χ1v) is 7.65. The molecule has 0 saturated carbocycles. The molecule has 0 aliphatic carbocycles. The minimum absolute atomic E-state index is 0.0126. The van der Waals surface area contributed by atoms with Crippen molar-refractivity contribution < 1.29 is 18.0 Å². The Morgan fingerprint density at radius 1 is 1.12 bits per heavy atom. The monoisotopic (exact) mass is 355 g/mol. The van der Waals surface area contributed by atoms with E-state index in [2.05, 4.69) is 10.3 Å². The standard InChI is InChI=1S/C18H11F2N3O3/c19-11-5-3-6-12(20)16(11)22-14(24)8-23-9-21-15-10-4-1-2-7-13(10)26-17(15)18(23)25/h1-7,9H,8H2,(H,22,24). The Hall–Kier alpha value is -3.55. The molecule has 1 N–H and O–H groups in total. The number of rotatable bonds is 3. The molecule has 8 heteroatoms. The number of hydrogen-bond donors (Lipinski definition) is 1. The average Bonchev–Trinajstić information content (AvgIpc) is 3.00. The summed E-state index contributed by atoms with van der Waals surface area (Å²) in [6, 6.07) is 10.3. The van der Waals surface area contributed by atoms with Crippen molar-refractivity contribution in [1.82, 2.24) is 9.55 Å². The van der Waals surface area contributed by atoms with Crippen LogP contribution in [0, 0.1) is 11.6 Å². The third kappa shape index (κ3) is 2.61. The largest absolute Gasteiger partial charge is 0.448 e. The molecule has 6 nitrogen and oxygen atoms in total. The zero-order chi connectivity index (χ0) is 18.3. The Labute approximate surface area is 144 Å². The van der Waals surface area contributed by atoms with Gasteiger partial charge in [-0.05, 0) is 24.3 Å². The van der Waals surface area contributed by atoms with Crippen molar-refractivity contribution in [1.29, 1.82) is 0 Å². The molecular formula is C18H11F2N3O3. The molecule has 1 amide bonds. The third-order valence-electron chi connectivity index (χ3n) is 3.89. The molecule has 2 heterocycles. The molecule has 0 fully saturated rings. The van der Waals surface area contributed by atoms with Crippen molar-refractivity contribution in [2.75, 3.05) is 5.32 Å². The van der Waals surface area contributed by atoms with Crippen LogP contribution >= 0.6 is 0 Å². The van der Waals surface area contributed by atoms with Crippen LogP contribution in [0.2, 0.25) is 0 Å². The lowest BCUT2D eigenvalue weighted by atomic mass is 10.2. The third-order valence-corrected chi connectivity index (χ3v) is 3.89. The Morgan fingerprint density at radius 3 is 2.62 bits per heavy atom. The van der Waals surface area contributed by atoms with Gasteiger partial charge < -0.3 is 9.73 Å². The number of carbonyl (C=O) groups is 1. The summed E-state index contributed by atoms with van der Waals surface area (Å²) in [6.07, 6.45) is 1.20. The zero-order valence-electron chi connectivity index (χ0n) is 13.2. The van der Waals surface area contributed by atoms with Crippen LogP contribution in [0.15, 0.2) is 58.0 Å². The van der Waals surface area contributed by atoms with E-state index in [-0.39, 0.29) is 5.58 Å². The topological polar surface area (TPSA) is 77.1 Å². The van der Waals surface area contributed by atoms with Gasteiger partial charge in [-0.3, -0.25) is 14.2 Å². The highest BCUT2D eigenvalue weighted by Gasteiger charge is 2.16. The van der Waals surface area contributed by atoms with Gasteiger partial charge in [0.25, 0.3) is 5.56 Å². The van der Waals surface area contributed by atoms with Crippen molar-refractivity contribution in [3.05, 3.63) is 70.8 Å². The maximum absolute atomic E-state index is 13.6. The summed E-state index contributed by atoms with van der Waals surface area (Å²) >= 11 is 0. The number of anilines is 1. The molecule has 0 spiro atoms. The lowest BCUT2D eigenvalue weighted by Crippen LogP contribution is -2.28. The number of fused-ring (bicyclic) bond motifs is 3. The second kappa shape index (κ2) is 6.07. The number of para-hydroxylation sites is 2. The molecule has 0 radical (unpaired) electrons. The first-order valence-electron chi connectivity index (χ1n) is 7.65. The molecule has 4 rings (SSSR count). The van der Waals surface area contributed by atoms with E-state index in [1.165, 1.54) is 12.4 Å². The Morgan fingerprint density at radius 2 is 1.85 bits per heavy atom. The van der Waals surface area contributed by atoms with Crippen LogP contribution in [0.3, 0.4) is 0 Å².